The molecule has 1 saturated carbocycles. The molecule has 102 valence electrons. The maximum atomic E-state index is 6.43. The standard InChI is InChI=1S/C13H16BrN3O2/c1-8-2-5-13(15,6-3-8)12-16-11(19-17-12)9-4-7-18-10(9)14/h4,7-8H,2-3,5-6,15H2,1H3. The van der Waals surface area contributed by atoms with E-state index in [9.17, 15) is 0 Å². The molecule has 2 heterocycles. The highest BCUT2D eigenvalue weighted by Crippen LogP contribution is 2.37. The minimum absolute atomic E-state index is 0.444. The summed E-state index contributed by atoms with van der Waals surface area (Å²) in [6, 6.07) is 1.79. The van der Waals surface area contributed by atoms with E-state index in [4.69, 9.17) is 14.7 Å². The summed E-state index contributed by atoms with van der Waals surface area (Å²) in [5.74, 6) is 1.77. The summed E-state index contributed by atoms with van der Waals surface area (Å²) in [5.41, 5.74) is 6.73. The average molecular weight is 326 g/mol. The molecule has 2 aromatic heterocycles. The Labute approximate surface area is 119 Å². The van der Waals surface area contributed by atoms with E-state index in [1.165, 1.54) is 0 Å². The maximum absolute atomic E-state index is 6.43. The van der Waals surface area contributed by atoms with Gasteiger partial charge < -0.3 is 14.7 Å². The van der Waals surface area contributed by atoms with Gasteiger partial charge in [0.1, 0.15) is 0 Å². The molecule has 0 amide bonds. The van der Waals surface area contributed by atoms with Crippen molar-refractivity contribution >= 4 is 15.9 Å². The molecule has 6 heteroatoms. The highest BCUT2D eigenvalue weighted by molar-refractivity contribution is 9.10. The van der Waals surface area contributed by atoms with Gasteiger partial charge in [0.2, 0.25) is 0 Å². The number of furan rings is 1. The molecule has 1 aliphatic rings. The SMILES string of the molecule is CC1CCC(N)(c2noc(-c3ccoc3Br)n2)CC1. The topological polar surface area (TPSA) is 78.1 Å². The monoisotopic (exact) mass is 325 g/mol. The molecule has 0 spiro atoms. The summed E-state index contributed by atoms with van der Waals surface area (Å²) in [4.78, 5) is 4.44. The van der Waals surface area contributed by atoms with Gasteiger partial charge in [-0.1, -0.05) is 12.1 Å². The van der Waals surface area contributed by atoms with E-state index < -0.39 is 5.54 Å². The van der Waals surface area contributed by atoms with Crippen molar-refractivity contribution in [3.63, 3.8) is 0 Å². The van der Waals surface area contributed by atoms with Gasteiger partial charge in [-0.3, -0.25) is 0 Å². The predicted molar refractivity (Wildman–Crippen MR) is 73.2 cm³/mol. The Bertz CT molecular complexity index is 570. The van der Waals surface area contributed by atoms with Crippen LogP contribution in [0.3, 0.4) is 0 Å². The van der Waals surface area contributed by atoms with Crippen LogP contribution < -0.4 is 5.73 Å². The first-order chi connectivity index (χ1) is 9.08. The number of nitrogens with two attached hydrogens (primary N) is 1. The number of hydrogen-bond acceptors (Lipinski definition) is 5. The second-order valence-corrected chi connectivity index (χ2v) is 6.09. The molecule has 0 aliphatic heterocycles. The van der Waals surface area contributed by atoms with Gasteiger partial charge in [0.05, 0.1) is 17.4 Å². The molecular weight excluding hydrogens is 310 g/mol. The van der Waals surface area contributed by atoms with E-state index >= 15 is 0 Å². The highest BCUT2D eigenvalue weighted by atomic mass is 79.9. The molecule has 0 aromatic carbocycles. The van der Waals surface area contributed by atoms with E-state index in [0.717, 1.165) is 37.2 Å². The Hall–Kier alpha value is -1.14. The molecule has 3 rings (SSSR count). The van der Waals surface area contributed by atoms with E-state index in [1.807, 2.05) is 0 Å². The normalized spacial score (nSPS) is 27.6. The van der Waals surface area contributed by atoms with Crippen LogP contribution in [0.15, 0.2) is 25.9 Å². The zero-order chi connectivity index (χ0) is 13.5. The summed E-state index contributed by atoms with van der Waals surface area (Å²) >= 11 is 3.30. The largest absolute Gasteiger partial charge is 0.457 e. The van der Waals surface area contributed by atoms with Crippen molar-refractivity contribution in [1.29, 1.82) is 0 Å². The molecule has 0 saturated heterocycles. The van der Waals surface area contributed by atoms with Crippen molar-refractivity contribution in [2.45, 2.75) is 38.1 Å². The van der Waals surface area contributed by atoms with Gasteiger partial charge in [-0.05, 0) is 53.6 Å². The fourth-order valence-electron chi connectivity index (χ4n) is 2.48. The van der Waals surface area contributed by atoms with E-state index in [2.05, 4.69) is 33.0 Å². The lowest BCUT2D eigenvalue weighted by Crippen LogP contribution is -2.41. The van der Waals surface area contributed by atoms with Gasteiger partial charge >= 0.3 is 0 Å². The van der Waals surface area contributed by atoms with Gasteiger partial charge in [0.25, 0.3) is 5.89 Å². The fourth-order valence-corrected chi connectivity index (χ4v) is 2.89. The van der Waals surface area contributed by atoms with Crippen molar-refractivity contribution in [1.82, 2.24) is 10.1 Å². The third-order valence-corrected chi connectivity index (χ3v) is 4.50. The summed E-state index contributed by atoms with van der Waals surface area (Å²) in [6.07, 6.45) is 5.59. The Kier molecular flexibility index (Phi) is 3.22. The number of aromatic nitrogens is 2. The molecule has 2 N–H and O–H groups in total. The molecule has 0 bridgehead atoms. The van der Waals surface area contributed by atoms with Crippen molar-refractivity contribution in [3.05, 3.63) is 22.8 Å². The Morgan fingerprint density at radius 2 is 2.16 bits per heavy atom. The zero-order valence-corrected chi connectivity index (χ0v) is 12.3. The molecule has 2 aromatic rings. The van der Waals surface area contributed by atoms with Crippen LogP contribution >= 0.6 is 15.9 Å². The quantitative estimate of drug-likeness (QED) is 0.914. The lowest BCUT2D eigenvalue weighted by Gasteiger charge is -2.33. The molecule has 1 aliphatic carbocycles. The molecule has 1 fully saturated rings. The number of rotatable bonds is 2. The predicted octanol–water partition coefficient (Wildman–Crippen LogP) is 3.46. The lowest BCUT2D eigenvalue weighted by molar-refractivity contribution is 0.230. The van der Waals surface area contributed by atoms with E-state index in [-0.39, 0.29) is 0 Å². The van der Waals surface area contributed by atoms with Crippen LogP contribution in [0.5, 0.6) is 0 Å². The van der Waals surface area contributed by atoms with Crippen LogP contribution in [-0.4, -0.2) is 10.1 Å². The van der Waals surface area contributed by atoms with Crippen LogP contribution in [0.2, 0.25) is 0 Å². The molecule has 5 nitrogen and oxygen atoms in total. The van der Waals surface area contributed by atoms with Crippen molar-refractivity contribution in [2.24, 2.45) is 11.7 Å². The lowest BCUT2D eigenvalue weighted by atomic mass is 9.77. The van der Waals surface area contributed by atoms with Crippen molar-refractivity contribution < 1.29 is 8.94 Å². The highest BCUT2D eigenvalue weighted by Gasteiger charge is 2.36. The zero-order valence-electron chi connectivity index (χ0n) is 10.7. The first-order valence-electron chi connectivity index (χ1n) is 6.45. The van der Waals surface area contributed by atoms with Crippen LogP contribution in [-0.2, 0) is 5.54 Å². The van der Waals surface area contributed by atoms with Crippen LogP contribution in [0, 0.1) is 5.92 Å². The minimum Gasteiger partial charge on any atom is -0.457 e. The Morgan fingerprint density at radius 1 is 1.42 bits per heavy atom. The molecule has 0 atom stereocenters. The molecule has 19 heavy (non-hydrogen) atoms. The second kappa shape index (κ2) is 4.76. The smallest absolute Gasteiger partial charge is 0.262 e. The van der Waals surface area contributed by atoms with Gasteiger partial charge in [0, 0.05) is 0 Å². The molecular formula is C13H16BrN3O2. The van der Waals surface area contributed by atoms with Gasteiger partial charge in [-0.15, -0.1) is 0 Å². The average Bonchev–Trinajstić information content (AvgIpc) is 3.01. The third-order valence-electron chi connectivity index (χ3n) is 3.89. The van der Waals surface area contributed by atoms with E-state index in [1.54, 1.807) is 12.3 Å². The van der Waals surface area contributed by atoms with Crippen LogP contribution in [0.1, 0.15) is 38.4 Å². The number of nitrogens with zero attached hydrogens (tertiary/aromatic N) is 2. The second-order valence-electron chi connectivity index (χ2n) is 5.37. The van der Waals surface area contributed by atoms with Gasteiger partial charge in [-0.25, -0.2) is 0 Å². The van der Waals surface area contributed by atoms with Crippen molar-refractivity contribution in [3.8, 4) is 11.5 Å². The summed E-state index contributed by atoms with van der Waals surface area (Å²) in [5, 5.41) is 4.06. The maximum Gasteiger partial charge on any atom is 0.262 e. The first kappa shape index (κ1) is 12.9. The van der Waals surface area contributed by atoms with Crippen LogP contribution in [0.4, 0.5) is 0 Å². The Balaban J connectivity index is 1.87. The molecule has 0 radical (unpaired) electrons. The molecule has 0 unspecified atom stereocenters. The van der Waals surface area contributed by atoms with Gasteiger partial charge in [0.15, 0.2) is 10.5 Å². The first-order valence-corrected chi connectivity index (χ1v) is 7.24. The van der Waals surface area contributed by atoms with Gasteiger partial charge in [-0.2, -0.15) is 4.98 Å². The van der Waals surface area contributed by atoms with E-state index in [0.29, 0.717) is 16.4 Å². The summed E-state index contributed by atoms with van der Waals surface area (Å²) in [7, 11) is 0. The fraction of sp³-hybridized carbons (Fsp3) is 0.538. The van der Waals surface area contributed by atoms with Crippen LogP contribution in [0.25, 0.3) is 11.5 Å². The summed E-state index contributed by atoms with van der Waals surface area (Å²) in [6.45, 7) is 2.25. The third kappa shape index (κ3) is 2.34. The number of hydrogen-bond donors (Lipinski definition) is 1. The Morgan fingerprint density at radius 3 is 2.79 bits per heavy atom. The number of halogens is 1. The van der Waals surface area contributed by atoms with Crippen molar-refractivity contribution in [2.75, 3.05) is 0 Å². The minimum atomic E-state index is -0.454. The summed E-state index contributed by atoms with van der Waals surface area (Å²) < 4.78 is 11.1.